The van der Waals surface area contributed by atoms with Gasteiger partial charge in [-0.25, -0.2) is 0 Å². The second-order valence-corrected chi connectivity index (χ2v) is 5.74. The lowest BCUT2D eigenvalue weighted by Gasteiger charge is -2.31. The topological polar surface area (TPSA) is 64.0 Å². The molecule has 1 aliphatic heterocycles. The fourth-order valence-electron chi connectivity index (χ4n) is 2.59. The van der Waals surface area contributed by atoms with Crippen LogP contribution in [0, 0.1) is 0 Å². The molecular formula is C16H24N2O3. The van der Waals surface area contributed by atoms with E-state index in [1.165, 1.54) is 0 Å². The molecule has 116 valence electrons. The second kappa shape index (κ2) is 7.54. The Morgan fingerprint density at radius 1 is 1.33 bits per heavy atom. The monoisotopic (exact) mass is 292 g/mol. The van der Waals surface area contributed by atoms with Crippen LogP contribution in [0.3, 0.4) is 0 Å². The quantitative estimate of drug-likeness (QED) is 0.836. The maximum atomic E-state index is 12.2. The zero-order valence-electron chi connectivity index (χ0n) is 12.5. The van der Waals surface area contributed by atoms with Crippen molar-refractivity contribution in [3.63, 3.8) is 0 Å². The Morgan fingerprint density at radius 2 is 1.95 bits per heavy atom. The molecular weight excluding hydrogens is 268 g/mol. The number of hydrogen-bond acceptors (Lipinski definition) is 4. The summed E-state index contributed by atoms with van der Waals surface area (Å²) in [6, 6.07) is 9.46. The number of rotatable bonds is 5. The smallest absolute Gasteiger partial charge is 0.236 e. The lowest BCUT2D eigenvalue weighted by Crippen LogP contribution is -2.44. The summed E-state index contributed by atoms with van der Waals surface area (Å²) in [7, 11) is 1.84. The summed E-state index contributed by atoms with van der Waals surface area (Å²) < 4.78 is 0. The first kappa shape index (κ1) is 15.9. The van der Waals surface area contributed by atoms with E-state index in [0.717, 1.165) is 5.56 Å². The maximum Gasteiger partial charge on any atom is 0.236 e. The van der Waals surface area contributed by atoms with E-state index in [1.807, 2.05) is 42.3 Å². The highest BCUT2D eigenvalue weighted by Crippen LogP contribution is 2.14. The number of nitrogens with zero attached hydrogens (tertiary/aromatic N) is 2. The standard InChI is InChI=1S/C16H24N2O3/c1-17(11-15(20)13-5-3-2-4-6-13)12-16(21)18-9-7-14(19)8-10-18/h2-6,14-15,19-20H,7-12H2,1H3. The lowest BCUT2D eigenvalue weighted by molar-refractivity contribution is -0.134. The molecule has 0 bridgehead atoms. The zero-order chi connectivity index (χ0) is 15.2. The molecule has 0 saturated carbocycles. The molecule has 1 saturated heterocycles. The molecule has 1 atom stereocenters. The molecule has 21 heavy (non-hydrogen) atoms. The second-order valence-electron chi connectivity index (χ2n) is 5.74. The van der Waals surface area contributed by atoms with Gasteiger partial charge in [0.15, 0.2) is 0 Å². The van der Waals surface area contributed by atoms with Crippen LogP contribution < -0.4 is 0 Å². The van der Waals surface area contributed by atoms with Gasteiger partial charge in [0.1, 0.15) is 0 Å². The molecule has 2 N–H and O–H groups in total. The minimum absolute atomic E-state index is 0.0599. The molecule has 1 unspecified atom stereocenters. The van der Waals surface area contributed by atoms with Crippen molar-refractivity contribution >= 4 is 5.91 Å². The molecule has 1 aromatic rings. The first-order chi connectivity index (χ1) is 10.1. The Labute approximate surface area is 125 Å². The molecule has 0 aliphatic carbocycles. The van der Waals surface area contributed by atoms with Gasteiger partial charge in [-0.3, -0.25) is 9.69 Å². The molecule has 1 aliphatic rings. The number of likely N-dealkylation sites (N-methyl/N-ethyl adjacent to an activating group) is 1. The maximum absolute atomic E-state index is 12.2. The van der Waals surface area contributed by atoms with Gasteiger partial charge in [0, 0.05) is 19.6 Å². The molecule has 5 heteroatoms. The number of carbonyl (C=O) groups is 1. The van der Waals surface area contributed by atoms with Crippen molar-refractivity contribution < 1.29 is 15.0 Å². The van der Waals surface area contributed by atoms with Crippen molar-refractivity contribution in [2.45, 2.75) is 25.0 Å². The van der Waals surface area contributed by atoms with Crippen LogP contribution in [0.4, 0.5) is 0 Å². The molecule has 1 fully saturated rings. The van der Waals surface area contributed by atoms with Gasteiger partial charge in [-0.15, -0.1) is 0 Å². The van der Waals surface area contributed by atoms with Crippen LogP contribution in [0.5, 0.6) is 0 Å². The van der Waals surface area contributed by atoms with Gasteiger partial charge in [0.05, 0.1) is 18.8 Å². The summed E-state index contributed by atoms with van der Waals surface area (Å²) >= 11 is 0. The fourth-order valence-corrected chi connectivity index (χ4v) is 2.59. The SMILES string of the molecule is CN(CC(=O)N1CCC(O)CC1)CC(O)c1ccccc1. The Hall–Kier alpha value is -1.43. The van der Waals surface area contributed by atoms with Gasteiger partial charge >= 0.3 is 0 Å². The van der Waals surface area contributed by atoms with Gasteiger partial charge in [0.2, 0.25) is 5.91 Å². The highest BCUT2D eigenvalue weighted by Gasteiger charge is 2.22. The van der Waals surface area contributed by atoms with Gasteiger partial charge in [0.25, 0.3) is 0 Å². The van der Waals surface area contributed by atoms with Crippen LogP contribution in [-0.4, -0.2) is 65.3 Å². The van der Waals surface area contributed by atoms with E-state index in [0.29, 0.717) is 39.0 Å². The number of hydrogen-bond donors (Lipinski definition) is 2. The Kier molecular flexibility index (Phi) is 5.73. The zero-order valence-corrected chi connectivity index (χ0v) is 12.5. The molecule has 1 amide bonds. The van der Waals surface area contributed by atoms with Crippen LogP contribution in [-0.2, 0) is 4.79 Å². The normalized spacial score (nSPS) is 18.0. The van der Waals surface area contributed by atoms with Crippen molar-refractivity contribution in [2.75, 3.05) is 33.2 Å². The van der Waals surface area contributed by atoms with Gasteiger partial charge in [-0.1, -0.05) is 30.3 Å². The highest BCUT2D eigenvalue weighted by atomic mass is 16.3. The third kappa shape index (κ3) is 4.81. The molecule has 1 heterocycles. The van der Waals surface area contributed by atoms with Crippen molar-refractivity contribution in [1.29, 1.82) is 0 Å². The summed E-state index contributed by atoms with van der Waals surface area (Å²) in [6.45, 7) is 1.95. The minimum atomic E-state index is -0.591. The number of benzene rings is 1. The number of likely N-dealkylation sites (tertiary alicyclic amines) is 1. The summed E-state index contributed by atoms with van der Waals surface area (Å²) in [5.74, 6) is 0.0599. The molecule has 0 spiro atoms. The molecule has 1 aromatic carbocycles. The van der Waals surface area contributed by atoms with Gasteiger partial charge < -0.3 is 15.1 Å². The number of amides is 1. The van der Waals surface area contributed by atoms with Crippen molar-refractivity contribution in [1.82, 2.24) is 9.80 Å². The van der Waals surface area contributed by atoms with Crippen molar-refractivity contribution in [3.8, 4) is 0 Å². The molecule has 2 rings (SSSR count). The van der Waals surface area contributed by atoms with Crippen molar-refractivity contribution in [2.24, 2.45) is 0 Å². The van der Waals surface area contributed by atoms with Crippen LogP contribution in [0.25, 0.3) is 0 Å². The van der Waals surface area contributed by atoms with E-state index in [1.54, 1.807) is 4.90 Å². The number of piperidine rings is 1. The molecule has 0 radical (unpaired) electrons. The molecule has 0 aromatic heterocycles. The van der Waals surface area contributed by atoms with E-state index >= 15 is 0 Å². The van der Waals surface area contributed by atoms with Crippen LogP contribution in [0.1, 0.15) is 24.5 Å². The van der Waals surface area contributed by atoms with E-state index in [4.69, 9.17) is 0 Å². The average Bonchev–Trinajstić information content (AvgIpc) is 2.48. The van der Waals surface area contributed by atoms with Crippen molar-refractivity contribution in [3.05, 3.63) is 35.9 Å². The summed E-state index contributed by atoms with van der Waals surface area (Å²) in [4.78, 5) is 15.8. The van der Waals surface area contributed by atoms with Gasteiger partial charge in [-0.05, 0) is 25.5 Å². The van der Waals surface area contributed by atoms with E-state index in [-0.39, 0.29) is 12.0 Å². The first-order valence-electron chi connectivity index (χ1n) is 7.43. The summed E-state index contributed by atoms with van der Waals surface area (Å²) in [6.07, 6.45) is 0.448. The number of carbonyl (C=O) groups excluding carboxylic acids is 1. The average molecular weight is 292 g/mol. The Bertz CT molecular complexity index is 444. The van der Waals surface area contributed by atoms with Crippen LogP contribution in [0.15, 0.2) is 30.3 Å². The minimum Gasteiger partial charge on any atom is -0.393 e. The Balaban J connectivity index is 1.78. The third-order valence-corrected chi connectivity index (χ3v) is 3.89. The van der Waals surface area contributed by atoms with Crippen LogP contribution in [0.2, 0.25) is 0 Å². The Morgan fingerprint density at radius 3 is 2.57 bits per heavy atom. The van der Waals surface area contributed by atoms with E-state index in [9.17, 15) is 15.0 Å². The largest absolute Gasteiger partial charge is 0.393 e. The third-order valence-electron chi connectivity index (χ3n) is 3.89. The van der Waals surface area contributed by atoms with E-state index in [2.05, 4.69) is 0 Å². The first-order valence-corrected chi connectivity index (χ1v) is 7.43. The van der Waals surface area contributed by atoms with E-state index < -0.39 is 6.10 Å². The number of aliphatic hydroxyl groups is 2. The highest BCUT2D eigenvalue weighted by molar-refractivity contribution is 5.78. The predicted octanol–water partition coefficient (Wildman–Crippen LogP) is 0.635. The summed E-state index contributed by atoms with van der Waals surface area (Å²) in [5.41, 5.74) is 0.859. The lowest BCUT2D eigenvalue weighted by atomic mass is 10.1. The predicted molar refractivity (Wildman–Crippen MR) is 80.7 cm³/mol. The molecule has 5 nitrogen and oxygen atoms in total. The summed E-state index contributed by atoms with van der Waals surface area (Å²) in [5, 5.41) is 19.6. The number of aliphatic hydroxyl groups excluding tert-OH is 2. The van der Waals surface area contributed by atoms with Crippen LogP contribution >= 0.6 is 0 Å². The fraction of sp³-hybridized carbons (Fsp3) is 0.562. The van der Waals surface area contributed by atoms with Gasteiger partial charge in [-0.2, -0.15) is 0 Å².